The van der Waals surface area contributed by atoms with Gasteiger partial charge in [-0.15, -0.1) is 0 Å². The summed E-state index contributed by atoms with van der Waals surface area (Å²) in [5, 5.41) is 10.0. The van der Waals surface area contributed by atoms with E-state index in [4.69, 9.17) is 4.42 Å². The van der Waals surface area contributed by atoms with Crippen molar-refractivity contribution < 1.29 is 4.42 Å². The van der Waals surface area contributed by atoms with Crippen LogP contribution in [0.4, 0.5) is 17.1 Å². The highest BCUT2D eigenvalue weighted by atomic mass is 16.3. The molecule has 2 aliphatic rings. The minimum atomic E-state index is -0.143. The summed E-state index contributed by atoms with van der Waals surface area (Å²) in [4.78, 5) is 2.65. The van der Waals surface area contributed by atoms with E-state index in [0.29, 0.717) is 0 Å². The predicted molar refractivity (Wildman–Crippen MR) is 259 cm³/mol. The second kappa shape index (κ2) is 11.0. The number of para-hydroxylation sites is 5. The molecule has 2 aliphatic heterocycles. The monoisotopic (exact) mass is 783 g/mol. The van der Waals surface area contributed by atoms with Crippen molar-refractivity contribution in [3.05, 3.63) is 157 Å². The Hall–Kier alpha value is -6.98. The van der Waals surface area contributed by atoms with Gasteiger partial charge in [-0.05, 0) is 81.4 Å². The van der Waals surface area contributed by atoms with E-state index in [0.717, 1.165) is 21.9 Å². The maximum atomic E-state index is 7.10. The Kier molecular flexibility index (Phi) is 6.12. The fraction of sp³-hybridized carbons (Fsp3) is 0.143. The van der Waals surface area contributed by atoms with Crippen molar-refractivity contribution in [2.75, 3.05) is 4.90 Å². The second-order valence-electron chi connectivity index (χ2n) is 19.7. The van der Waals surface area contributed by atoms with Crippen LogP contribution in [0.2, 0.25) is 0 Å². The van der Waals surface area contributed by atoms with E-state index in [1.165, 1.54) is 110 Å². The molecule has 0 unspecified atom stereocenters. The third kappa shape index (κ3) is 4.12. The topological polar surface area (TPSA) is 25.7 Å². The molecular weight excluding hydrogens is 741 g/mol. The molecule has 12 aromatic rings. The average molecular weight is 784 g/mol. The van der Waals surface area contributed by atoms with Gasteiger partial charge in [0.2, 0.25) is 0 Å². The number of furan rings is 1. The van der Waals surface area contributed by atoms with Gasteiger partial charge in [-0.2, -0.15) is 0 Å². The number of hydrogen-bond donors (Lipinski definition) is 0. The van der Waals surface area contributed by atoms with Gasteiger partial charge in [0.15, 0.2) is 0 Å². The largest absolute Gasteiger partial charge is 0.455 e. The van der Waals surface area contributed by atoms with Crippen LogP contribution in [-0.4, -0.2) is 15.7 Å². The van der Waals surface area contributed by atoms with Crippen LogP contribution >= 0.6 is 0 Å². The number of rotatable bonds is 1. The maximum absolute atomic E-state index is 7.10. The van der Waals surface area contributed by atoms with Gasteiger partial charge in [-0.3, -0.25) is 0 Å². The van der Waals surface area contributed by atoms with Gasteiger partial charge < -0.3 is 18.2 Å². The highest BCUT2D eigenvalue weighted by Gasteiger charge is 2.46. The summed E-state index contributed by atoms with van der Waals surface area (Å²) in [6.45, 7) is 13.9. The summed E-state index contributed by atoms with van der Waals surface area (Å²) < 4.78 is 12.3. The van der Waals surface area contributed by atoms with E-state index in [2.05, 4.69) is 201 Å². The van der Waals surface area contributed by atoms with Crippen molar-refractivity contribution in [3.8, 4) is 11.1 Å². The molecule has 8 aromatic carbocycles. The Bertz CT molecular complexity index is 3890. The fourth-order valence-electron chi connectivity index (χ4n) is 11.5. The Labute approximate surface area is 353 Å². The summed E-state index contributed by atoms with van der Waals surface area (Å²) in [6, 6.07) is 55.0. The van der Waals surface area contributed by atoms with Crippen LogP contribution in [0.15, 0.2) is 150 Å². The molecule has 6 heterocycles. The van der Waals surface area contributed by atoms with E-state index in [1.54, 1.807) is 0 Å². The van der Waals surface area contributed by atoms with Gasteiger partial charge in [0.25, 0.3) is 0 Å². The Morgan fingerprint density at radius 1 is 0.475 bits per heavy atom. The molecule has 0 radical (unpaired) electrons. The highest BCUT2D eigenvalue weighted by molar-refractivity contribution is 6.92. The number of fused-ring (bicyclic) bond motifs is 18. The van der Waals surface area contributed by atoms with Gasteiger partial charge in [0, 0.05) is 82.3 Å². The number of hydrogen-bond acceptors (Lipinski definition) is 2. The van der Waals surface area contributed by atoms with Gasteiger partial charge in [-0.1, -0.05) is 139 Å². The quantitative estimate of drug-likeness (QED) is 0.155. The first kappa shape index (κ1) is 33.8. The molecule has 4 nitrogen and oxygen atoms in total. The van der Waals surface area contributed by atoms with Crippen LogP contribution in [0.3, 0.4) is 0 Å². The Morgan fingerprint density at radius 2 is 1.05 bits per heavy atom. The SMILES string of the molecule is CC(C)(C)c1cc(N2c3cc4c(oc5ccccc54)c4c3B(c3c2cc2c5ccccc5n5c6ccccc6c3c25)n2c3ccccc3c3cccc-4c32)cc(C(C)(C)C)c1. The molecule has 0 N–H and O–H groups in total. The molecule has 14 rings (SSSR count). The van der Waals surface area contributed by atoms with Crippen molar-refractivity contribution in [2.24, 2.45) is 0 Å². The minimum Gasteiger partial charge on any atom is -0.455 e. The molecular formula is C56H42BN3O. The second-order valence-corrected chi connectivity index (χ2v) is 19.7. The normalized spacial score (nSPS) is 14.0. The van der Waals surface area contributed by atoms with Crippen LogP contribution < -0.4 is 15.8 Å². The standard InChI is InChI=1S/C56H42BN3O/c1-55(2,3)31-26-32(56(4,5)6)28-33(27-31)58-45-29-40-35-17-7-11-22-42(35)59-43-23-12-9-19-38(43)48(53(40)59)50(45)57-51-46(58)30-41-36-18-10-14-25-47(36)61-54(41)49(51)39-21-15-20-37-34-16-8-13-24-44(34)60(57)52(37)39/h7-30H,1-6H3. The highest BCUT2D eigenvalue weighted by Crippen LogP contribution is 2.52. The zero-order chi connectivity index (χ0) is 40.8. The molecule has 0 amide bonds. The lowest BCUT2D eigenvalue weighted by Crippen LogP contribution is -2.57. The lowest BCUT2D eigenvalue weighted by Gasteiger charge is -2.41. The number of benzene rings is 8. The first-order valence-electron chi connectivity index (χ1n) is 21.7. The smallest absolute Gasteiger partial charge is 0.333 e. The summed E-state index contributed by atoms with van der Waals surface area (Å²) in [5.41, 5.74) is 19.4. The van der Waals surface area contributed by atoms with Crippen LogP contribution in [0.1, 0.15) is 52.7 Å². The lowest BCUT2D eigenvalue weighted by atomic mass is 9.44. The third-order valence-electron chi connectivity index (χ3n) is 14.3. The van der Waals surface area contributed by atoms with E-state index in [9.17, 15) is 0 Å². The van der Waals surface area contributed by atoms with E-state index >= 15 is 0 Å². The molecule has 0 bridgehead atoms. The molecule has 0 saturated carbocycles. The summed E-state index contributed by atoms with van der Waals surface area (Å²) in [6.07, 6.45) is 0. The van der Waals surface area contributed by atoms with Crippen LogP contribution in [-0.2, 0) is 10.8 Å². The minimum absolute atomic E-state index is 0.0691. The molecule has 0 spiro atoms. The lowest BCUT2D eigenvalue weighted by molar-refractivity contribution is 0.569. The molecule has 61 heavy (non-hydrogen) atoms. The molecule has 290 valence electrons. The van der Waals surface area contributed by atoms with Gasteiger partial charge >= 0.3 is 6.85 Å². The molecule has 5 heteroatoms. The van der Waals surface area contributed by atoms with Crippen molar-refractivity contribution >= 4 is 117 Å². The van der Waals surface area contributed by atoms with E-state index in [1.807, 2.05) is 0 Å². The number of aromatic nitrogens is 2. The first-order chi connectivity index (χ1) is 29.6. The number of anilines is 3. The zero-order valence-corrected chi connectivity index (χ0v) is 35.2. The maximum Gasteiger partial charge on any atom is 0.333 e. The van der Waals surface area contributed by atoms with Crippen molar-refractivity contribution in [1.29, 1.82) is 0 Å². The predicted octanol–water partition coefficient (Wildman–Crippen LogP) is 13.9. The Balaban J connectivity index is 1.28. The zero-order valence-electron chi connectivity index (χ0n) is 35.2. The van der Waals surface area contributed by atoms with Crippen molar-refractivity contribution in [2.45, 2.75) is 52.4 Å². The van der Waals surface area contributed by atoms with Gasteiger partial charge in [0.05, 0.1) is 16.6 Å². The molecule has 0 aliphatic carbocycles. The molecule has 0 saturated heterocycles. The van der Waals surface area contributed by atoms with Crippen LogP contribution in [0, 0.1) is 0 Å². The number of nitrogens with zero attached hydrogens (tertiary/aromatic N) is 3. The van der Waals surface area contributed by atoms with Gasteiger partial charge in [0.1, 0.15) is 11.2 Å². The Morgan fingerprint density at radius 3 is 1.77 bits per heavy atom. The summed E-state index contributed by atoms with van der Waals surface area (Å²) >= 11 is 0. The van der Waals surface area contributed by atoms with Crippen LogP contribution in [0.5, 0.6) is 0 Å². The van der Waals surface area contributed by atoms with Crippen molar-refractivity contribution in [3.63, 3.8) is 0 Å². The summed E-state index contributed by atoms with van der Waals surface area (Å²) in [5.74, 6) is 0. The van der Waals surface area contributed by atoms with E-state index < -0.39 is 0 Å². The summed E-state index contributed by atoms with van der Waals surface area (Å²) in [7, 11) is 0. The van der Waals surface area contributed by atoms with Gasteiger partial charge in [-0.25, -0.2) is 0 Å². The van der Waals surface area contributed by atoms with Crippen LogP contribution in [0.25, 0.3) is 93.0 Å². The van der Waals surface area contributed by atoms with E-state index in [-0.39, 0.29) is 17.7 Å². The molecule has 0 atom stereocenters. The third-order valence-corrected chi connectivity index (χ3v) is 14.3. The first-order valence-corrected chi connectivity index (χ1v) is 21.7. The average Bonchev–Trinajstić information content (AvgIpc) is 4.00. The molecule has 0 fully saturated rings. The fourth-order valence-corrected chi connectivity index (χ4v) is 11.5. The van der Waals surface area contributed by atoms with Crippen molar-refractivity contribution in [1.82, 2.24) is 8.88 Å². The molecule has 4 aromatic heterocycles.